The van der Waals surface area contributed by atoms with E-state index in [1.54, 1.807) is 11.8 Å². The molecule has 1 fully saturated rings. The summed E-state index contributed by atoms with van der Waals surface area (Å²) in [5.41, 5.74) is 0. The molecule has 0 aromatic heterocycles. The average Bonchev–Trinajstić information content (AvgIpc) is 2.37. The van der Waals surface area contributed by atoms with Gasteiger partial charge in [-0.3, -0.25) is 4.79 Å². The highest BCUT2D eigenvalue weighted by Gasteiger charge is 2.19. The molecule has 3 nitrogen and oxygen atoms in total. The Hall–Kier alpha value is -1.00. The maximum atomic E-state index is 12.0. The number of hydrogen-bond donors (Lipinski definition) is 1. The van der Waals surface area contributed by atoms with Crippen LogP contribution in [0, 0.1) is 0 Å². The molecule has 1 saturated heterocycles. The minimum absolute atomic E-state index is 0.243. The summed E-state index contributed by atoms with van der Waals surface area (Å²) >= 11 is 1.61. The van der Waals surface area contributed by atoms with Crippen LogP contribution in [0.1, 0.15) is 6.92 Å². The summed E-state index contributed by atoms with van der Waals surface area (Å²) in [4.78, 5) is 15.1. The molecule has 0 spiro atoms. The fraction of sp³-hybridized carbons (Fsp3) is 0.462. The molecule has 0 radical (unpaired) electrons. The Labute approximate surface area is 107 Å². The van der Waals surface area contributed by atoms with E-state index in [-0.39, 0.29) is 5.91 Å². The SMILES string of the molecule is CC1CN(C(=O)CSc2ccccc2)CCN1. The zero-order chi connectivity index (χ0) is 12.1. The fourth-order valence-electron chi connectivity index (χ4n) is 1.91. The standard InChI is InChI=1S/C13H18N2OS/c1-11-9-15(8-7-14-11)13(16)10-17-12-5-3-2-4-6-12/h2-6,11,14H,7-10H2,1H3. The molecule has 0 aliphatic carbocycles. The van der Waals surface area contributed by atoms with Crippen molar-refractivity contribution in [2.24, 2.45) is 0 Å². The van der Waals surface area contributed by atoms with Gasteiger partial charge in [0.25, 0.3) is 0 Å². The second kappa shape index (κ2) is 6.07. The third kappa shape index (κ3) is 3.75. The predicted molar refractivity (Wildman–Crippen MR) is 71.2 cm³/mol. The molecule has 1 N–H and O–H groups in total. The van der Waals surface area contributed by atoms with Crippen molar-refractivity contribution in [2.75, 3.05) is 25.4 Å². The molecule has 1 aliphatic rings. The topological polar surface area (TPSA) is 32.3 Å². The largest absolute Gasteiger partial charge is 0.339 e. The molecule has 17 heavy (non-hydrogen) atoms. The van der Waals surface area contributed by atoms with Crippen molar-refractivity contribution < 1.29 is 4.79 Å². The number of nitrogens with zero attached hydrogens (tertiary/aromatic N) is 1. The first-order valence-corrected chi connectivity index (χ1v) is 6.93. The molecular formula is C13H18N2OS. The number of piperazine rings is 1. The molecule has 1 heterocycles. The van der Waals surface area contributed by atoms with Crippen LogP contribution in [0.2, 0.25) is 0 Å². The minimum atomic E-state index is 0.243. The van der Waals surface area contributed by atoms with Gasteiger partial charge in [-0.05, 0) is 19.1 Å². The van der Waals surface area contributed by atoms with Gasteiger partial charge in [-0.1, -0.05) is 18.2 Å². The van der Waals surface area contributed by atoms with Crippen LogP contribution in [0.4, 0.5) is 0 Å². The lowest BCUT2D eigenvalue weighted by Gasteiger charge is -2.31. The molecule has 1 aromatic carbocycles. The summed E-state index contributed by atoms with van der Waals surface area (Å²) in [7, 11) is 0. The number of carbonyl (C=O) groups is 1. The first-order valence-electron chi connectivity index (χ1n) is 5.95. The molecule has 4 heteroatoms. The lowest BCUT2D eigenvalue weighted by molar-refractivity contribution is -0.129. The second-order valence-electron chi connectivity index (χ2n) is 4.30. The second-order valence-corrected chi connectivity index (χ2v) is 5.35. The van der Waals surface area contributed by atoms with E-state index in [1.807, 2.05) is 35.2 Å². The summed E-state index contributed by atoms with van der Waals surface area (Å²) in [6.07, 6.45) is 0. The fourth-order valence-corrected chi connectivity index (χ4v) is 2.73. The average molecular weight is 250 g/mol. The highest BCUT2D eigenvalue weighted by molar-refractivity contribution is 8.00. The van der Waals surface area contributed by atoms with Gasteiger partial charge in [0.1, 0.15) is 0 Å². The molecule has 1 aliphatic heterocycles. The lowest BCUT2D eigenvalue weighted by atomic mass is 10.2. The number of benzene rings is 1. The molecule has 2 rings (SSSR count). The summed E-state index contributed by atoms with van der Waals surface area (Å²) in [5, 5.41) is 3.34. The maximum absolute atomic E-state index is 12.0. The Kier molecular flexibility index (Phi) is 4.45. The number of thioether (sulfide) groups is 1. The highest BCUT2D eigenvalue weighted by atomic mass is 32.2. The molecular weight excluding hydrogens is 232 g/mol. The number of hydrogen-bond acceptors (Lipinski definition) is 3. The van der Waals surface area contributed by atoms with Crippen LogP contribution >= 0.6 is 11.8 Å². The molecule has 0 bridgehead atoms. The number of rotatable bonds is 3. The number of nitrogens with one attached hydrogen (secondary N) is 1. The first-order chi connectivity index (χ1) is 8.25. The van der Waals surface area contributed by atoms with Gasteiger partial charge in [-0.15, -0.1) is 11.8 Å². The van der Waals surface area contributed by atoms with Crippen molar-refractivity contribution in [3.63, 3.8) is 0 Å². The predicted octanol–water partition coefficient (Wildman–Crippen LogP) is 1.60. The van der Waals surface area contributed by atoms with E-state index >= 15 is 0 Å². The van der Waals surface area contributed by atoms with Crippen LogP contribution in [0.25, 0.3) is 0 Å². The summed E-state index contributed by atoms with van der Waals surface area (Å²) < 4.78 is 0. The number of carbonyl (C=O) groups excluding carboxylic acids is 1. The van der Waals surface area contributed by atoms with E-state index < -0.39 is 0 Å². The monoisotopic (exact) mass is 250 g/mol. The van der Waals surface area contributed by atoms with Gasteiger partial charge in [-0.2, -0.15) is 0 Å². The van der Waals surface area contributed by atoms with Crippen molar-refractivity contribution in [1.29, 1.82) is 0 Å². The molecule has 0 saturated carbocycles. The van der Waals surface area contributed by atoms with E-state index in [0.717, 1.165) is 24.5 Å². The third-order valence-corrected chi connectivity index (χ3v) is 3.82. The van der Waals surface area contributed by atoms with Crippen molar-refractivity contribution in [3.8, 4) is 0 Å². The van der Waals surface area contributed by atoms with Crippen molar-refractivity contribution in [2.45, 2.75) is 17.9 Å². The van der Waals surface area contributed by atoms with E-state index in [9.17, 15) is 4.79 Å². The Balaban J connectivity index is 1.81. The molecule has 1 aromatic rings. The Morgan fingerprint density at radius 3 is 2.94 bits per heavy atom. The number of amides is 1. The smallest absolute Gasteiger partial charge is 0.233 e. The minimum Gasteiger partial charge on any atom is -0.339 e. The Morgan fingerprint density at radius 1 is 1.47 bits per heavy atom. The lowest BCUT2D eigenvalue weighted by Crippen LogP contribution is -2.51. The van der Waals surface area contributed by atoms with Gasteiger partial charge in [0.2, 0.25) is 5.91 Å². The van der Waals surface area contributed by atoms with E-state index in [2.05, 4.69) is 12.2 Å². The summed E-state index contributed by atoms with van der Waals surface area (Å²) in [6.45, 7) is 4.68. The van der Waals surface area contributed by atoms with Gasteiger partial charge in [0, 0.05) is 30.6 Å². The van der Waals surface area contributed by atoms with Crippen LogP contribution in [0.5, 0.6) is 0 Å². The van der Waals surface area contributed by atoms with Crippen LogP contribution < -0.4 is 5.32 Å². The van der Waals surface area contributed by atoms with E-state index in [1.165, 1.54) is 0 Å². The van der Waals surface area contributed by atoms with E-state index in [0.29, 0.717) is 11.8 Å². The molecule has 92 valence electrons. The zero-order valence-electron chi connectivity index (χ0n) is 10.1. The van der Waals surface area contributed by atoms with E-state index in [4.69, 9.17) is 0 Å². The van der Waals surface area contributed by atoms with Crippen molar-refractivity contribution >= 4 is 17.7 Å². The van der Waals surface area contributed by atoms with Crippen LogP contribution in [0.3, 0.4) is 0 Å². The first kappa shape index (κ1) is 12.5. The highest BCUT2D eigenvalue weighted by Crippen LogP contribution is 2.17. The van der Waals surface area contributed by atoms with Crippen LogP contribution in [0.15, 0.2) is 35.2 Å². The normalized spacial score (nSPS) is 20.3. The molecule has 1 amide bonds. The van der Waals surface area contributed by atoms with Gasteiger partial charge < -0.3 is 10.2 Å². The quantitative estimate of drug-likeness (QED) is 0.827. The van der Waals surface area contributed by atoms with Crippen molar-refractivity contribution in [1.82, 2.24) is 10.2 Å². The van der Waals surface area contributed by atoms with Gasteiger partial charge in [0.15, 0.2) is 0 Å². The van der Waals surface area contributed by atoms with Gasteiger partial charge >= 0.3 is 0 Å². The van der Waals surface area contributed by atoms with Crippen molar-refractivity contribution in [3.05, 3.63) is 30.3 Å². The van der Waals surface area contributed by atoms with Gasteiger partial charge in [0.05, 0.1) is 5.75 Å². The third-order valence-electron chi connectivity index (χ3n) is 2.83. The summed E-state index contributed by atoms with van der Waals surface area (Å²) in [5.74, 6) is 0.781. The molecule has 1 unspecified atom stereocenters. The Morgan fingerprint density at radius 2 is 2.24 bits per heavy atom. The van der Waals surface area contributed by atoms with Crippen LogP contribution in [-0.4, -0.2) is 42.2 Å². The zero-order valence-corrected chi connectivity index (χ0v) is 10.9. The Bertz CT molecular complexity index is 369. The maximum Gasteiger partial charge on any atom is 0.233 e. The molecule has 1 atom stereocenters. The van der Waals surface area contributed by atoms with Crippen LogP contribution in [-0.2, 0) is 4.79 Å². The van der Waals surface area contributed by atoms with Gasteiger partial charge in [-0.25, -0.2) is 0 Å². The summed E-state index contributed by atoms with van der Waals surface area (Å²) in [6, 6.07) is 10.5.